The number of rotatable bonds is 4. The molecule has 2 heterocycles. The second-order valence-corrected chi connectivity index (χ2v) is 6.31. The molecule has 0 saturated carbocycles. The Morgan fingerprint density at radius 3 is 3.00 bits per heavy atom. The Morgan fingerprint density at radius 1 is 1.35 bits per heavy atom. The summed E-state index contributed by atoms with van der Waals surface area (Å²) in [7, 11) is 1.66. The van der Waals surface area contributed by atoms with Gasteiger partial charge in [-0.15, -0.1) is 0 Å². The minimum absolute atomic E-state index is 0.151. The van der Waals surface area contributed by atoms with Crippen LogP contribution in [0.2, 0.25) is 0 Å². The molecular formula is C20H20N4O2. The molecule has 4 rings (SSSR count). The lowest BCUT2D eigenvalue weighted by molar-refractivity contribution is 0.257. The molecule has 6 nitrogen and oxygen atoms in total. The summed E-state index contributed by atoms with van der Waals surface area (Å²) in [4.78, 5) is 8.13. The average Bonchev–Trinajstić information content (AvgIpc) is 3.11. The van der Waals surface area contributed by atoms with E-state index >= 15 is 0 Å². The zero-order valence-corrected chi connectivity index (χ0v) is 14.5. The highest BCUT2D eigenvalue weighted by atomic mass is 16.5. The number of benzene rings is 2. The third kappa shape index (κ3) is 2.79. The van der Waals surface area contributed by atoms with E-state index in [1.165, 1.54) is 12.4 Å². The van der Waals surface area contributed by atoms with Crippen molar-refractivity contribution in [2.24, 2.45) is 5.73 Å². The summed E-state index contributed by atoms with van der Waals surface area (Å²) in [5, 5.41) is 7.45. The van der Waals surface area contributed by atoms with Gasteiger partial charge in [0, 0.05) is 18.0 Å². The number of hydrogen-bond acceptors (Lipinski definition) is 5. The molecule has 1 atom stereocenters. The molecule has 0 radical (unpaired) electrons. The Labute approximate surface area is 151 Å². The molecule has 1 unspecified atom stereocenters. The van der Waals surface area contributed by atoms with Gasteiger partial charge in [0.25, 0.3) is 0 Å². The number of ether oxygens (including phenoxy) is 2. The van der Waals surface area contributed by atoms with E-state index in [1.807, 2.05) is 36.4 Å². The third-order valence-corrected chi connectivity index (χ3v) is 4.73. The van der Waals surface area contributed by atoms with E-state index in [9.17, 15) is 0 Å². The van der Waals surface area contributed by atoms with E-state index in [0.717, 1.165) is 45.9 Å². The number of H-pyrrole nitrogens is 1. The number of nitrogens with one attached hydrogen (secondary N) is 2. The van der Waals surface area contributed by atoms with Gasteiger partial charge in [-0.1, -0.05) is 6.07 Å². The van der Waals surface area contributed by atoms with Crippen LogP contribution < -0.4 is 15.2 Å². The minimum Gasteiger partial charge on any atom is -0.497 e. The van der Waals surface area contributed by atoms with Crippen molar-refractivity contribution in [2.75, 3.05) is 13.7 Å². The van der Waals surface area contributed by atoms with Crippen LogP contribution in [0.4, 0.5) is 0 Å². The lowest BCUT2D eigenvalue weighted by Crippen LogP contribution is -2.20. The summed E-state index contributed by atoms with van der Waals surface area (Å²) in [6.07, 6.45) is 3.52. The number of nitrogens with zero attached hydrogens (tertiary/aromatic N) is 1. The molecule has 6 heteroatoms. The zero-order chi connectivity index (χ0) is 18.1. The topological polar surface area (TPSA) is 97.0 Å². The average molecular weight is 348 g/mol. The number of imidazole rings is 1. The molecule has 0 amide bonds. The SMILES string of the molecule is COc1ccc2c(c1)CC(c1nc3ccc(/C(C=N)=C/N)cc3[nH]1)CO2. The maximum Gasteiger partial charge on any atom is 0.122 e. The van der Waals surface area contributed by atoms with Crippen molar-refractivity contribution in [1.82, 2.24) is 9.97 Å². The number of allylic oxidation sites excluding steroid dienone is 1. The summed E-state index contributed by atoms with van der Waals surface area (Å²) in [6, 6.07) is 11.7. The molecule has 2 aromatic carbocycles. The highest BCUT2D eigenvalue weighted by molar-refractivity contribution is 6.08. The Hall–Kier alpha value is -3.28. The molecule has 0 saturated heterocycles. The first-order valence-electron chi connectivity index (χ1n) is 8.44. The van der Waals surface area contributed by atoms with Crippen LogP contribution in [0.15, 0.2) is 42.6 Å². The molecule has 0 spiro atoms. The van der Waals surface area contributed by atoms with E-state index in [0.29, 0.717) is 12.2 Å². The van der Waals surface area contributed by atoms with Gasteiger partial charge in [0.2, 0.25) is 0 Å². The van der Waals surface area contributed by atoms with Crippen molar-refractivity contribution in [3.8, 4) is 11.5 Å². The van der Waals surface area contributed by atoms with Crippen LogP contribution in [0.5, 0.6) is 11.5 Å². The molecular weight excluding hydrogens is 328 g/mol. The van der Waals surface area contributed by atoms with Crippen molar-refractivity contribution in [3.05, 3.63) is 59.5 Å². The molecule has 0 aliphatic carbocycles. The van der Waals surface area contributed by atoms with Gasteiger partial charge >= 0.3 is 0 Å². The summed E-state index contributed by atoms with van der Waals surface area (Å²) in [5.74, 6) is 2.79. The summed E-state index contributed by atoms with van der Waals surface area (Å²) < 4.78 is 11.2. The second-order valence-electron chi connectivity index (χ2n) is 6.31. The Balaban J connectivity index is 1.65. The van der Waals surface area contributed by atoms with Gasteiger partial charge in [0.15, 0.2) is 0 Å². The van der Waals surface area contributed by atoms with Crippen LogP contribution in [0.25, 0.3) is 16.6 Å². The van der Waals surface area contributed by atoms with E-state index in [-0.39, 0.29) is 5.92 Å². The zero-order valence-electron chi connectivity index (χ0n) is 14.5. The fourth-order valence-electron chi connectivity index (χ4n) is 3.30. The number of fused-ring (bicyclic) bond motifs is 2. The number of methoxy groups -OCH3 is 1. The van der Waals surface area contributed by atoms with E-state index in [4.69, 9.17) is 25.6 Å². The smallest absolute Gasteiger partial charge is 0.122 e. The quantitative estimate of drug-likeness (QED) is 0.631. The molecule has 1 aliphatic rings. The van der Waals surface area contributed by atoms with Crippen molar-refractivity contribution in [1.29, 1.82) is 5.41 Å². The standard InChI is InChI=1S/C20H20N4O2/c1-25-16-3-5-19-13(7-16)6-14(11-26-19)20-23-17-4-2-12(8-18(17)24-20)15(9-21)10-22/h2-5,7-10,14,21H,6,11,22H2,1H3,(H,23,24)/b15-10+,21-9?. The number of aromatic nitrogens is 2. The van der Waals surface area contributed by atoms with Crippen molar-refractivity contribution in [2.45, 2.75) is 12.3 Å². The fourth-order valence-corrected chi connectivity index (χ4v) is 3.30. The van der Waals surface area contributed by atoms with E-state index < -0.39 is 0 Å². The highest BCUT2D eigenvalue weighted by Gasteiger charge is 2.24. The van der Waals surface area contributed by atoms with Crippen LogP contribution in [0.3, 0.4) is 0 Å². The van der Waals surface area contributed by atoms with Crippen molar-refractivity contribution in [3.63, 3.8) is 0 Å². The summed E-state index contributed by atoms with van der Waals surface area (Å²) >= 11 is 0. The molecule has 132 valence electrons. The molecule has 1 aromatic heterocycles. The maximum absolute atomic E-state index is 7.45. The molecule has 3 aromatic rings. The van der Waals surface area contributed by atoms with Gasteiger partial charge in [0.1, 0.15) is 17.3 Å². The van der Waals surface area contributed by atoms with Crippen molar-refractivity contribution >= 4 is 22.8 Å². The predicted octanol–water partition coefficient (Wildman–Crippen LogP) is 3.24. The second kappa shape index (κ2) is 6.55. The lowest BCUT2D eigenvalue weighted by atomic mass is 9.96. The van der Waals surface area contributed by atoms with Gasteiger partial charge < -0.3 is 25.6 Å². The van der Waals surface area contributed by atoms with Crippen LogP contribution in [0, 0.1) is 5.41 Å². The highest BCUT2D eigenvalue weighted by Crippen LogP contribution is 2.34. The Kier molecular flexibility index (Phi) is 4.08. The van der Waals surface area contributed by atoms with Gasteiger partial charge in [-0.25, -0.2) is 4.98 Å². The number of nitrogens with two attached hydrogens (primary N) is 1. The predicted molar refractivity (Wildman–Crippen MR) is 102 cm³/mol. The summed E-state index contributed by atoms with van der Waals surface area (Å²) in [6.45, 7) is 0.584. The van der Waals surface area contributed by atoms with Crippen LogP contribution in [-0.2, 0) is 6.42 Å². The first-order chi connectivity index (χ1) is 12.7. The minimum atomic E-state index is 0.151. The first kappa shape index (κ1) is 16.2. The van der Waals surface area contributed by atoms with Gasteiger partial charge in [0.05, 0.1) is 30.7 Å². The Bertz CT molecular complexity index is 1010. The Morgan fingerprint density at radius 2 is 2.23 bits per heavy atom. The largest absolute Gasteiger partial charge is 0.497 e. The molecule has 0 fully saturated rings. The van der Waals surface area contributed by atoms with Crippen LogP contribution >= 0.6 is 0 Å². The molecule has 26 heavy (non-hydrogen) atoms. The summed E-state index contributed by atoms with van der Waals surface area (Å²) in [5.41, 5.74) is 10.1. The third-order valence-electron chi connectivity index (χ3n) is 4.73. The van der Waals surface area contributed by atoms with Crippen LogP contribution in [-0.4, -0.2) is 29.9 Å². The normalized spacial score (nSPS) is 16.8. The molecule has 4 N–H and O–H groups in total. The van der Waals surface area contributed by atoms with Crippen molar-refractivity contribution < 1.29 is 9.47 Å². The fraction of sp³-hybridized carbons (Fsp3) is 0.200. The van der Waals surface area contributed by atoms with E-state index in [1.54, 1.807) is 7.11 Å². The number of hydrogen-bond donors (Lipinski definition) is 3. The molecule has 0 bridgehead atoms. The monoisotopic (exact) mass is 348 g/mol. The first-order valence-corrected chi connectivity index (χ1v) is 8.44. The molecule has 1 aliphatic heterocycles. The number of aromatic amines is 1. The maximum atomic E-state index is 7.45. The van der Waals surface area contributed by atoms with Gasteiger partial charge in [-0.05, 0) is 47.9 Å². The van der Waals surface area contributed by atoms with E-state index in [2.05, 4.69) is 4.98 Å². The van der Waals surface area contributed by atoms with Gasteiger partial charge in [-0.2, -0.15) is 0 Å². The lowest BCUT2D eigenvalue weighted by Gasteiger charge is -2.24. The van der Waals surface area contributed by atoms with Gasteiger partial charge in [-0.3, -0.25) is 0 Å². The van der Waals surface area contributed by atoms with Crippen LogP contribution in [0.1, 0.15) is 22.9 Å².